The van der Waals surface area contributed by atoms with E-state index in [2.05, 4.69) is 26.6 Å². The van der Waals surface area contributed by atoms with Gasteiger partial charge in [0.15, 0.2) is 17.9 Å². The van der Waals surface area contributed by atoms with Crippen molar-refractivity contribution in [1.29, 1.82) is 0 Å². The first kappa shape index (κ1) is 58.7. The van der Waals surface area contributed by atoms with Crippen LogP contribution in [-0.2, 0) is 65.5 Å². The fraction of sp³-hybridized carbons (Fsp3) is 0.471. The number of ether oxygens (including phenoxy) is 6. The Morgan fingerprint density at radius 3 is 2.21 bits per heavy atom. The number of methoxy groups -OCH3 is 2. The fourth-order valence-electron chi connectivity index (χ4n) is 9.03. The van der Waals surface area contributed by atoms with E-state index in [-0.39, 0.29) is 59.9 Å². The Labute approximate surface area is 440 Å². The van der Waals surface area contributed by atoms with E-state index in [9.17, 15) is 68.7 Å². The van der Waals surface area contributed by atoms with E-state index in [1.54, 1.807) is 0 Å². The molecule has 12 N–H and O–H groups in total. The molecule has 0 bridgehead atoms. The lowest BCUT2D eigenvalue weighted by Gasteiger charge is -2.42. The molecule has 6 amide bonds. The molecule has 0 aromatic heterocycles. The third-order valence-corrected chi connectivity index (χ3v) is 13.2. The first-order valence-electron chi connectivity index (χ1n) is 24.2. The van der Waals surface area contributed by atoms with Crippen LogP contribution in [0.15, 0.2) is 42.5 Å². The fourth-order valence-corrected chi connectivity index (χ4v) is 9.03. The first-order valence-corrected chi connectivity index (χ1v) is 24.2. The number of phenolic OH excluding ortho intramolecular Hbond substituents is 2. The van der Waals surface area contributed by atoms with Gasteiger partial charge in [-0.2, -0.15) is 0 Å². The number of aliphatic hydroxyl groups is 3. The number of ketones is 3. The molecule has 0 spiro atoms. The number of aliphatic hydroxyl groups excluding tert-OH is 2. The number of nitrogens with two attached hydrogens (primary N) is 1. The molecule has 6 rings (SSSR count). The maximum absolute atomic E-state index is 14.0. The SMILES string of the molecule is COCCOCC(=O)N[C@H](C(=O)N[C@@H](C)C(=O)N[C@@H](CC(N)=O)C(=O)Nc1ccc(COC(=O)N[C@H]2C[C@H](O[C@H]3C[C@](O)(C(C)=O)Cc4c(O)c5c(c(O)c43)C(=O)c3c(OC)cccc3C5=O)O[C@@H](C)[C@H]2O)cc1)C(C)O. The van der Waals surface area contributed by atoms with Crippen LogP contribution >= 0.6 is 0 Å². The number of hydrogen-bond donors (Lipinski definition) is 11. The molecule has 26 nitrogen and oxygen atoms in total. The molecule has 1 unspecified atom stereocenters. The Kier molecular flexibility index (Phi) is 19.1. The molecule has 10 atom stereocenters. The topological polar surface area (TPSA) is 396 Å². The highest BCUT2D eigenvalue weighted by atomic mass is 16.7. The summed E-state index contributed by atoms with van der Waals surface area (Å²) in [6.45, 7) is 4.64. The van der Waals surface area contributed by atoms with Gasteiger partial charge in [-0.25, -0.2) is 4.79 Å². The average molecular weight is 1080 g/mol. The van der Waals surface area contributed by atoms with Crippen LogP contribution in [0.25, 0.3) is 0 Å². The summed E-state index contributed by atoms with van der Waals surface area (Å²) in [6.07, 6.45) is -9.49. The lowest BCUT2D eigenvalue weighted by molar-refractivity contribution is -0.249. The summed E-state index contributed by atoms with van der Waals surface area (Å²) in [5, 5.41) is 68.4. The molecular formula is C51H62N6O20. The minimum Gasteiger partial charge on any atom is -0.507 e. The smallest absolute Gasteiger partial charge is 0.407 e. The predicted octanol–water partition coefficient (Wildman–Crippen LogP) is -0.671. The molecule has 2 aliphatic carbocycles. The van der Waals surface area contributed by atoms with Gasteiger partial charge in [-0.15, -0.1) is 0 Å². The van der Waals surface area contributed by atoms with Crippen LogP contribution in [0.3, 0.4) is 0 Å². The van der Waals surface area contributed by atoms with Gasteiger partial charge < -0.3 is 86.3 Å². The number of rotatable bonds is 22. The molecule has 0 radical (unpaired) electrons. The Morgan fingerprint density at radius 1 is 0.883 bits per heavy atom. The lowest BCUT2D eigenvalue weighted by Crippen LogP contribution is -2.58. The number of alkyl carbamates (subject to hydrolysis) is 1. The van der Waals surface area contributed by atoms with E-state index in [1.807, 2.05) is 0 Å². The van der Waals surface area contributed by atoms with Crippen molar-refractivity contribution < 1.29 is 97.1 Å². The van der Waals surface area contributed by atoms with Gasteiger partial charge in [0, 0.05) is 48.8 Å². The summed E-state index contributed by atoms with van der Waals surface area (Å²) < 4.78 is 32.9. The van der Waals surface area contributed by atoms with Crippen LogP contribution in [0.4, 0.5) is 10.5 Å². The largest absolute Gasteiger partial charge is 0.507 e. The van der Waals surface area contributed by atoms with Crippen molar-refractivity contribution in [3.63, 3.8) is 0 Å². The van der Waals surface area contributed by atoms with Crippen molar-refractivity contribution in [2.24, 2.45) is 5.73 Å². The quantitative estimate of drug-likeness (QED) is 0.0343. The number of Topliss-reactive ketones (excluding diaryl/α,β-unsaturated/α-hetero) is 1. The first-order chi connectivity index (χ1) is 36.4. The van der Waals surface area contributed by atoms with Gasteiger partial charge in [0.2, 0.25) is 35.3 Å². The number of phenols is 2. The molecule has 1 saturated heterocycles. The zero-order valence-electron chi connectivity index (χ0n) is 42.8. The summed E-state index contributed by atoms with van der Waals surface area (Å²) in [5.41, 5.74) is 2.03. The van der Waals surface area contributed by atoms with Gasteiger partial charge in [0.05, 0.1) is 67.8 Å². The maximum atomic E-state index is 14.0. The molecule has 416 valence electrons. The maximum Gasteiger partial charge on any atom is 0.407 e. The Hall–Kier alpha value is -7.59. The number of anilines is 1. The minimum atomic E-state index is -2.19. The van der Waals surface area contributed by atoms with Crippen LogP contribution in [0.1, 0.15) is 102 Å². The highest BCUT2D eigenvalue weighted by Crippen LogP contribution is 2.52. The van der Waals surface area contributed by atoms with Crippen LogP contribution in [0.2, 0.25) is 0 Å². The summed E-state index contributed by atoms with van der Waals surface area (Å²) >= 11 is 0. The number of fused-ring (bicyclic) bond motifs is 3. The second kappa shape index (κ2) is 25.0. The van der Waals surface area contributed by atoms with Gasteiger partial charge in [-0.1, -0.05) is 24.3 Å². The zero-order valence-corrected chi connectivity index (χ0v) is 42.8. The molecule has 3 aromatic carbocycles. The molecule has 1 heterocycles. The molecular weight excluding hydrogens is 1020 g/mol. The zero-order chi connectivity index (χ0) is 56.6. The second-order valence-electron chi connectivity index (χ2n) is 18.8. The molecule has 1 aliphatic heterocycles. The Balaban J connectivity index is 1.06. The number of carbonyl (C=O) groups is 9. The van der Waals surface area contributed by atoms with Crippen molar-refractivity contribution in [3.8, 4) is 17.2 Å². The normalized spacial score (nSPS) is 22.1. The van der Waals surface area contributed by atoms with Crippen molar-refractivity contribution in [2.75, 3.05) is 39.4 Å². The lowest BCUT2D eigenvalue weighted by atomic mass is 9.72. The summed E-state index contributed by atoms with van der Waals surface area (Å²) in [6, 6.07) is 4.64. The van der Waals surface area contributed by atoms with Crippen LogP contribution in [0.5, 0.6) is 17.2 Å². The number of hydrogen-bond acceptors (Lipinski definition) is 20. The summed E-state index contributed by atoms with van der Waals surface area (Å²) in [7, 11) is 2.73. The van der Waals surface area contributed by atoms with Gasteiger partial charge >= 0.3 is 6.09 Å². The number of aromatic hydroxyl groups is 2. The van der Waals surface area contributed by atoms with Gasteiger partial charge in [-0.05, 0) is 51.5 Å². The number of primary amides is 1. The van der Waals surface area contributed by atoms with E-state index in [4.69, 9.17) is 34.2 Å². The second-order valence-corrected chi connectivity index (χ2v) is 18.8. The molecule has 77 heavy (non-hydrogen) atoms. The number of carbonyl (C=O) groups excluding carboxylic acids is 9. The van der Waals surface area contributed by atoms with Crippen LogP contribution in [0, 0.1) is 0 Å². The average Bonchev–Trinajstić information content (AvgIpc) is 3.49. The Bertz CT molecular complexity index is 2790. The summed E-state index contributed by atoms with van der Waals surface area (Å²) in [4.78, 5) is 117. The molecule has 26 heteroatoms. The van der Waals surface area contributed by atoms with Crippen molar-refractivity contribution in [3.05, 3.63) is 81.4 Å². The van der Waals surface area contributed by atoms with Gasteiger partial charge in [0.25, 0.3) is 0 Å². The predicted molar refractivity (Wildman–Crippen MR) is 264 cm³/mol. The van der Waals surface area contributed by atoms with E-state index < -0.39 is 162 Å². The van der Waals surface area contributed by atoms with Gasteiger partial charge in [0.1, 0.15) is 60.3 Å². The molecule has 3 aliphatic rings. The molecule has 3 aromatic rings. The van der Waals surface area contributed by atoms with E-state index in [0.29, 0.717) is 5.56 Å². The van der Waals surface area contributed by atoms with Crippen molar-refractivity contribution >= 4 is 58.7 Å². The van der Waals surface area contributed by atoms with Crippen LogP contribution < -0.4 is 37.1 Å². The Morgan fingerprint density at radius 2 is 1.57 bits per heavy atom. The molecule has 1 fully saturated rings. The van der Waals surface area contributed by atoms with Crippen molar-refractivity contribution in [2.45, 2.75) is 120 Å². The standard InChI is InChI=1S/C51H62N6O20/c1-22(53-49(69)41(23(2)58)57-35(61)21-74-15-14-72-5)47(67)55-31(16-34(52)60)48(68)54-27-12-10-26(11-13-27)20-75-50(70)56-30-17-36(76-24(3)42(30)62)77-33-19-51(71,25(4)59)18-29-38(33)46(66)40-39(44(29)64)43(63)28-8-7-9-32(73-6)37(28)45(40)65/h7-13,22-24,30-31,33,36,41-42,58,62,64,66,71H,14-21H2,1-6H3,(H2,52,60)(H,53,69)(H,54,68)(H,55,67)(H,56,70)(H,57,61)/t22-,23?,24-,30-,31-,33-,36-,41-,42+,51-/m0/s1. The highest BCUT2D eigenvalue weighted by Gasteiger charge is 2.50. The van der Waals surface area contributed by atoms with E-state index in [0.717, 1.165) is 6.92 Å². The van der Waals surface area contributed by atoms with E-state index >= 15 is 0 Å². The summed E-state index contributed by atoms with van der Waals surface area (Å²) in [5.74, 6) is -8.24. The number of amides is 6. The number of nitrogens with one attached hydrogen (secondary N) is 5. The van der Waals surface area contributed by atoms with E-state index in [1.165, 1.54) is 77.5 Å². The number of benzene rings is 3. The third kappa shape index (κ3) is 13.5. The third-order valence-electron chi connectivity index (χ3n) is 13.2. The van der Waals surface area contributed by atoms with Crippen LogP contribution in [-0.4, -0.2) is 167 Å². The van der Waals surface area contributed by atoms with Crippen molar-refractivity contribution in [1.82, 2.24) is 21.3 Å². The minimum absolute atomic E-state index is 0.0379. The molecule has 0 saturated carbocycles. The highest BCUT2D eigenvalue weighted by molar-refractivity contribution is 6.31. The van der Waals surface area contributed by atoms with Gasteiger partial charge in [-0.3, -0.25) is 38.4 Å². The monoisotopic (exact) mass is 1080 g/mol.